The van der Waals surface area contributed by atoms with E-state index in [0.29, 0.717) is 22.5 Å². The fourth-order valence-corrected chi connectivity index (χ4v) is 5.18. The number of hydrogen-bond donors (Lipinski definition) is 4. The molecule has 0 unspecified atom stereocenters. The number of anilines is 2. The van der Waals surface area contributed by atoms with E-state index >= 15 is 0 Å². The molecule has 0 fully saturated rings. The van der Waals surface area contributed by atoms with Gasteiger partial charge in [-0.3, -0.25) is 9.59 Å². The Balaban J connectivity index is 1.55. The molecule has 3 rings (SSSR count). The Morgan fingerprint density at radius 1 is 0.556 bits per heavy atom. The number of sulfonamides is 2. The average molecular weight is 531 g/mol. The molecule has 0 radical (unpaired) electrons. The van der Waals surface area contributed by atoms with Crippen LogP contribution in [0.15, 0.2) is 82.6 Å². The Bertz CT molecular complexity index is 1320. The molecule has 0 aliphatic carbocycles. The van der Waals surface area contributed by atoms with Crippen molar-refractivity contribution in [2.24, 2.45) is 0 Å². The first-order chi connectivity index (χ1) is 16.9. The maximum Gasteiger partial charge on any atom is 0.240 e. The number of carbonyl (C=O) groups excluding carboxylic acids is 2. The average Bonchev–Trinajstić information content (AvgIpc) is 2.82. The van der Waals surface area contributed by atoms with Crippen molar-refractivity contribution in [3.8, 4) is 0 Å². The summed E-state index contributed by atoms with van der Waals surface area (Å²) in [4.78, 5) is 22.3. The second-order valence-corrected chi connectivity index (χ2v) is 11.4. The first-order valence-corrected chi connectivity index (χ1v) is 13.7. The zero-order valence-corrected chi connectivity index (χ0v) is 21.2. The summed E-state index contributed by atoms with van der Waals surface area (Å²) >= 11 is 0. The molecular formula is C24H26N4O6S2. The summed E-state index contributed by atoms with van der Waals surface area (Å²) in [5.41, 5.74) is 2.37. The van der Waals surface area contributed by atoms with Gasteiger partial charge in [-0.1, -0.05) is 24.3 Å². The minimum atomic E-state index is -3.76. The van der Waals surface area contributed by atoms with Crippen LogP contribution in [-0.4, -0.2) is 28.6 Å². The highest BCUT2D eigenvalue weighted by molar-refractivity contribution is 7.89. The lowest BCUT2D eigenvalue weighted by Gasteiger charge is -2.10. The third-order valence-corrected chi connectivity index (χ3v) is 7.76. The summed E-state index contributed by atoms with van der Waals surface area (Å²) in [6.07, 6.45) is 0. The highest BCUT2D eigenvalue weighted by Gasteiger charge is 2.15. The molecule has 0 saturated carbocycles. The molecule has 0 aliphatic rings. The molecule has 0 spiro atoms. The smallest absolute Gasteiger partial charge is 0.240 e. The van der Waals surface area contributed by atoms with Crippen LogP contribution in [-0.2, 0) is 42.7 Å². The van der Waals surface area contributed by atoms with Gasteiger partial charge in [0.05, 0.1) is 9.79 Å². The Hall–Kier alpha value is -3.58. The van der Waals surface area contributed by atoms with Crippen molar-refractivity contribution in [3.63, 3.8) is 0 Å². The highest BCUT2D eigenvalue weighted by atomic mass is 32.2. The zero-order valence-electron chi connectivity index (χ0n) is 19.6. The molecule has 190 valence electrons. The van der Waals surface area contributed by atoms with E-state index in [-0.39, 0.29) is 34.7 Å². The van der Waals surface area contributed by atoms with Gasteiger partial charge in [0.25, 0.3) is 0 Å². The lowest BCUT2D eigenvalue weighted by Crippen LogP contribution is -2.24. The normalized spacial score (nSPS) is 11.6. The zero-order chi connectivity index (χ0) is 26.3. The van der Waals surface area contributed by atoms with E-state index in [1.54, 1.807) is 24.3 Å². The van der Waals surface area contributed by atoms with Gasteiger partial charge in [-0.15, -0.1) is 0 Å². The first kappa shape index (κ1) is 27.0. The lowest BCUT2D eigenvalue weighted by atomic mass is 10.1. The van der Waals surface area contributed by atoms with Crippen molar-refractivity contribution in [2.75, 3.05) is 10.6 Å². The quantitative estimate of drug-likeness (QED) is 0.316. The summed E-state index contributed by atoms with van der Waals surface area (Å²) in [5, 5.41) is 5.15. The van der Waals surface area contributed by atoms with E-state index in [1.807, 2.05) is 0 Å². The number of hydrogen-bond acceptors (Lipinski definition) is 6. The van der Waals surface area contributed by atoms with Gasteiger partial charge in [-0.25, -0.2) is 26.3 Å². The van der Waals surface area contributed by atoms with Gasteiger partial charge in [0.1, 0.15) is 0 Å². The Kier molecular flexibility index (Phi) is 8.58. The summed E-state index contributed by atoms with van der Waals surface area (Å²) in [6, 6.07) is 18.4. The minimum Gasteiger partial charge on any atom is -0.326 e. The van der Waals surface area contributed by atoms with E-state index in [2.05, 4.69) is 20.1 Å². The SMILES string of the molecule is CC(=O)Nc1ccc(S(=O)(=O)NCc2ccc(CNS(=O)(=O)c3ccc(NC(C)=O)cc3)cc2)cc1. The van der Waals surface area contributed by atoms with E-state index in [1.165, 1.54) is 62.4 Å². The van der Waals surface area contributed by atoms with E-state index in [9.17, 15) is 26.4 Å². The van der Waals surface area contributed by atoms with Crippen LogP contribution in [0.4, 0.5) is 11.4 Å². The molecule has 3 aromatic carbocycles. The van der Waals surface area contributed by atoms with E-state index < -0.39 is 20.0 Å². The van der Waals surface area contributed by atoms with Crippen LogP contribution < -0.4 is 20.1 Å². The predicted molar refractivity (Wildman–Crippen MR) is 136 cm³/mol. The second kappa shape index (κ2) is 11.4. The van der Waals surface area contributed by atoms with Crippen LogP contribution in [0.1, 0.15) is 25.0 Å². The van der Waals surface area contributed by atoms with Crippen LogP contribution in [0.25, 0.3) is 0 Å². The van der Waals surface area contributed by atoms with Gasteiger partial charge in [-0.2, -0.15) is 0 Å². The van der Waals surface area contributed by atoms with Crippen LogP contribution in [0.3, 0.4) is 0 Å². The van der Waals surface area contributed by atoms with Gasteiger partial charge in [0, 0.05) is 38.3 Å². The lowest BCUT2D eigenvalue weighted by molar-refractivity contribution is -0.115. The van der Waals surface area contributed by atoms with Gasteiger partial charge < -0.3 is 10.6 Å². The first-order valence-electron chi connectivity index (χ1n) is 10.8. The maximum atomic E-state index is 12.5. The van der Waals surface area contributed by atoms with E-state index in [0.717, 1.165) is 0 Å². The molecule has 10 nitrogen and oxygen atoms in total. The van der Waals surface area contributed by atoms with Gasteiger partial charge >= 0.3 is 0 Å². The number of amides is 2. The Labute approximate surface area is 210 Å². The Morgan fingerprint density at radius 2 is 0.861 bits per heavy atom. The molecule has 0 saturated heterocycles. The third-order valence-electron chi connectivity index (χ3n) is 4.93. The topological polar surface area (TPSA) is 151 Å². The van der Waals surface area contributed by atoms with Gasteiger partial charge in [-0.05, 0) is 59.7 Å². The highest BCUT2D eigenvalue weighted by Crippen LogP contribution is 2.16. The van der Waals surface area contributed by atoms with Crippen molar-refractivity contribution in [3.05, 3.63) is 83.9 Å². The summed E-state index contributed by atoms with van der Waals surface area (Å²) in [6.45, 7) is 2.81. The number of carbonyl (C=O) groups is 2. The molecular weight excluding hydrogens is 504 g/mol. The fourth-order valence-electron chi connectivity index (χ4n) is 3.14. The number of benzene rings is 3. The van der Waals surface area contributed by atoms with Gasteiger partial charge in [0.2, 0.25) is 31.9 Å². The van der Waals surface area contributed by atoms with Crippen molar-refractivity contribution in [1.29, 1.82) is 0 Å². The van der Waals surface area contributed by atoms with E-state index in [4.69, 9.17) is 0 Å². The van der Waals surface area contributed by atoms with Crippen molar-refractivity contribution >= 4 is 43.2 Å². The third kappa shape index (κ3) is 7.71. The molecule has 36 heavy (non-hydrogen) atoms. The number of rotatable bonds is 10. The molecule has 0 aromatic heterocycles. The molecule has 2 amide bonds. The molecule has 0 aliphatic heterocycles. The van der Waals surface area contributed by atoms with Crippen molar-refractivity contribution in [2.45, 2.75) is 36.7 Å². The largest absolute Gasteiger partial charge is 0.326 e. The van der Waals surface area contributed by atoms with Crippen LogP contribution in [0.5, 0.6) is 0 Å². The Morgan fingerprint density at radius 3 is 1.14 bits per heavy atom. The summed E-state index contributed by atoms with van der Waals surface area (Å²) < 4.78 is 55.2. The molecule has 0 atom stereocenters. The van der Waals surface area contributed by atoms with Crippen LogP contribution >= 0.6 is 0 Å². The maximum absolute atomic E-state index is 12.5. The summed E-state index contributed by atoms with van der Waals surface area (Å²) in [5.74, 6) is -0.505. The predicted octanol–water partition coefficient (Wildman–Crippen LogP) is 2.56. The fraction of sp³-hybridized carbons (Fsp3) is 0.167. The van der Waals surface area contributed by atoms with Crippen LogP contribution in [0.2, 0.25) is 0 Å². The molecule has 3 aromatic rings. The number of nitrogens with one attached hydrogen (secondary N) is 4. The molecule has 0 bridgehead atoms. The second-order valence-electron chi connectivity index (χ2n) is 7.88. The molecule has 4 N–H and O–H groups in total. The molecule has 12 heteroatoms. The monoisotopic (exact) mass is 530 g/mol. The summed E-state index contributed by atoms with van der Waals surface area (Å²) in [7, 11) is -7.52. The van der Waals surface area contributed by atoms with Gasteiger partial charge in [0.15, 0.2) is 0 Å². The standard InChI is InChI=1S/C24H26N4O6S2/c1-17(29)27-21-7-11-23(12-8-21)35(31,32)25-15-19-3-5-20(6-4-19)16-26-36(33,34)24-13-9-22(10-14-24)28-18(2)30/h3-14,25-26H,15-16H2,1-2H3,(H,27,29)(H,28,30). The van der Waals surface area contributed by atoms with Crippen molar-refractivity contribution < 1.29 is 26.4 Å². The van der Waals surface area contributed by atoms with Crippen LogP contribution in [0, 0.1) is 0 Å². The van der Waals surface area contributed by atoms with Crippen molar-refractivity contribution in [1.82, 2.24) is 9.44 Å². The molecule has 0 heterocycles. The minimum absolute atomic E-state index is 0.0441.